The minimum absolute atomic E-state index is 0.186. The molecule has 5 heteroatoms. The lowest BCUT2D eigenvalue weighted by atomic mass is 10.2. The Kier molecular flexibility index (Phi) is 5.95. The van der Waals surface area contributed by atoms with E-state index in [-0.39, 0.29) is 12.7 Å². The molecule has 0 N–H and O–H groups in total. The molecule has 126 valence electrons. The number of hydrogen-bond donors (Lipinski definition) is 0. The lowest BCUT2D eigenvalue weighted by molar-refractivity contribution is -0.136. The van der Waals surface area contributed by atoms with Crippen LogP contribution in [0.5, 0.6) is 11.5 Å². The topological polar surface area (TPSA) is 61.8 Å². The van der Waals surface area contributed by atoms with Gasteiger partial charge in [0, 0.05) is 0 Å². The fraction of sp³-hybridized carbons (Fsp3) is 0.263. The van der Waals surface area contributed by atoms with Gasteiger partial charge in [0.2, 0.25) is 0 Å². The molecule has 0 atom stereocenters. The normalized spacial score (nSPS) is 10.3. The Morgan fingerprint density at radius 2 is 1.50 bits per heavy atom. The van der Waals surface area contributed by atoms with Crippen LogP contribution in [0.25, 0.3) is 0 Å². The minimum atomic E-state index is -0.520. The molecule has 0 aliphatic carbocycles. The van der Waals surface area contributed by atoms with Crippen molar-refractivity contribution >= 4 is 11.9 Å². The molecule has 0 unspecified atom stereocenters. The molecule has 5 nitrogen and oxygen atoms in total. The Morgan fingerprint density at radius 1 is 0.917 bits per heavy atom. The van der Waals surface area contributed by atoms with E-state index in [1.807, 2.05) is 19.1 Å². The Balaban J connectivity index is 1.85. The van der Waals surface area contributed by atoms with E-state index in [9.17, 15) is 9.59 Å². The fourth-order valence-electron chi connectivity index (χ4n) is 1.88. The van der Waals surface area contributed by atoms with Crippen LogP contribution in [0.1, 0.15) is 29.8 Å². The smallest absolute Gasteiger partial charge is 0.349 e. The highest BCUT2D eigenvalue weighted by Gasteiger charge is 2.11. The van der Waals surface area contributed by atoms with Crippen LogP contribution in [0, 0.1) is 6.92 Å². The van der Waals surface area contributed by atoms with E-state index < -0.39 is 11.9 Å². The third-order valence-electron chi connectivity index (χ3n) is 3.04. The van der Waals surface area contributed by atoms with Gasteiger partial charge in [0.05, 0.1) is 11.7 Å². The van der Waals surface area contributed by atoms with Crippen molar-refractivity contribution in [2.24, 2.45) is 0 Å². The van der Waals surface area contributed by atoms with E-state index >= 15 is 0 Å². The molecule has 0 spiro atoms. The van der Waals surface area contributed by atoms with Crippen LogP contribution in [0.15, 0.2) is 48.5 Å². The first-order valence-corrected chi connectivity index (χ1v) is 7.65. The van der Waals surface area contributed by atoms with Crippen LogP contribution >= 0.6 is 0 Å². The predicted octanol–water partition coefficient (Wildman–Crippen LogP) is 3.54. The van der Waals surface area contributed by atoms with Crippen molar-refractivity contribution in [3.05, 3.63) is 59.7 Å². The largest absolute Gasteiger partial charge is 0.482 e. The molecule has 0 fully saturated rings. The monoisotopic (exact) mass is 328 g/mol. The standard InChI is InChI=1S/C19H20O5/c1-13(2)23-19(21)15-6-10-17(11-7-15)24-18(20)12-22-16-8-4-14(3)5-9-16/h4-11,13H,12H2,1-3H3. The summed E-state index contributed by atoms with van der Waals surface area (Å²) in [6.07, 6.45) is -0.186. The van der Waals surface area contributed by atoms with Crippen LogP contribution in [0.4, 0.5) is 0 Å². The third-order valence-corrected chi connectivity index (χ3v) is 3.04. The van der Waals surface area contributed by atoms with E-state index in [4.69, 9.17) is 14.2 Å². The highest BCUT2D eigenvalue weighted by atomic mass is 16.6. The second kappa shape index (κ2) is 8.15. The number of rotatable bonds is 6. The van der Waals surface area contributed by atoms with E-state index in [0.717, 1.165) is 5.56 Å². The van der Waals surface area contributed by atoms with Crippen LogP contribution < -0.4 is 9.47 Å². The summed E-state index contributed by atoms with van der Waals surface area (Å²) >= 11 is 0. The summed E-state index contributed by atoms with van der Waals surface area (Å²) in [4.78, 5) is 23.5. The summed E-state index contributed by atoms with van der Waals surface area (Å²) < 4.78 is 15.6. The molecule has 24 heavy (non-hydrogen) atoms. The molecule has 2 rings (SSSR count). The lowest BCUT2D eigenvalue weighted by Crippen LogP contribution is -2.17. The van der Waals surface area contributed by atoms with Crippen LogP contribution in [0.2, 0.25) is 0 Å². The van der Waals surface area contributed by atoms with Gasteiger partial charge in [0.15, 0.2) is 6.61 Å². The van der Waals surface area contributed by atoms with Crippen molar-refractivity contribution in [1.29, 1.82) is 0 Å². The van der Waals surface area contributed by atoms with E-state index in [2.05, 4.69) is 0 Å². The van der Waals surface area contributed by atoms with Crippen molar-refractivity contribution in [3.8, 4) is 11.5 Å². The maximum atomic E-state index is 11.8. The first-order valence-electron chi connectivity index (χ1n) is 7.65. The number of aryl methyl sites for hydroxylation is 1. The molecule has 2 aromatic rings. The van der Waals surface area contributed by atoms with Gasteiger partial charge < -0.3 is 14.2 Å². The van der Waals surface area contributed by atoms with Crippen molar-refractivity contribution in [2.45, 2.75) is 26.9 Å². The summed E-state index contributed by atoms with van der Waals surface area (Å²) in [6.45, 7) is 5.34. The zero-order chi connectivity index (χ0) is 17.5. The minimum Gasteiger partial charge on any atom is -0.482 e. The zero-order valence-electron chi connectivity index (χ0n) is 13.9. The quantitative estimate of drug-likeness (QED) is 0.599. The molecular formula is C19H20O5. The molecule has 0 aliphatic heterocycles. The molecule has 0 saturated heterocycles. The van der Waals surface area contributed by atoms with Gasteiger partial charge in [0.25, 0.3) is 0 Å². The molecule has 0 amide bonds. The van der Waals surface area contributed by atoms with Crippen LogP contribution in [-0.2, 0) is 9.53 Å². The van der Waals surface area contributed by atoms with Gasteiger partial charge in [0.1, 0.15) is 11.5 Å². The van der Waals surface area contributed by atoms with Crippen molar-refractivity contribution in [3.63, 3.8) is 0 Å². The summed E-state index contributed by atoms with van der Waals surface area (Å²) in [7, 11) is 0. The van der Waals surface area contributed by atoms with Crippen molar-refractivity contribution in [1.82, 2.24) is 0 Å². The van der Waals surface area contributed by atoms with Gasteiger partial charge in [-0.2, -0.15) is 0 Å². The zero-order valence-corrected chi connectivity index (χ0v) is 13.9. The molecule has 2 aromatic carbocycles. The molecule has 0 saturated carbocycles. The number of benzene rings is 2. The Hall–Kier alpha value is -2.82. The van der Waals surface area contributed by atoms with Crippen LogP contribution in [0.3, 0.4) is 0 Å². The second-order valence-electron chi connectivity index (χ2n) is 5.55. The Labute approximate surface area is 141 Å². The fourth-order valence-corrected chi connectivity index (χ4v) is 1.88. The molecule has 0 radical (unpaired) electrons. The molecule has 0 aromatic heterocycles. The maximum absolute atomic E-state index is 11.8. The summed E-state index contributed by atoms with van der Waals surface area (Å²) in [5.74, 6) is 0.0107. The van der Waals surface area contributed by atoms with Gasteiger partial charge in [-0.3, -0.25) is 0 Å². The van der Waals surface area contributed by atoms with Gasteiger partial charge >= 0.3 is 11.9 Å². The van der Waals surface area contributed by atoms with E-state index in [1.54, 1.807) is 50.2 Å². The predicted molar refractivity (Wildman–Crippen MR) is 89.3 cm³/mol. The number of carbonyl (C=O) groups excluding carboxylic acids is 2. The Bertz CT molecular complexity index is 687. The number of hydrogen-bond acceptors (Lipinski definition) is 5. The molecule has 0 aliphatic rings. The van der Waals surface area contributed by atoms with E-state index in [0.29, 0.717) is 17.1 Å². The second-order valence-corrected chi connectivity index (χ2v) is 5.55. The molecular weight excluding hydrogens is 308 g/mol. The average molecular weight is 328 g/mol. The van der Waals surface area contributed by atoms with Gasteiger partial charge in [-0.25, -0.2) is 9.59 Å². The van der Waals surface area contributed by atoms with E-state index in [1.165, 1.54) is 0 Å². The number of esters is 2. The van der Waals surface area contributed by atoms with Gasteiger partial charge in [-0.1, -0.05) is 17.7 Å². The van der Waals surface area contributed by atoms with Crippen molar-refractivity contribution < 1.29 is 23.8 Å². The highest BCUT2D eigenvalue weighted by Crippen LogP contribution is 2.15. The summed E-state index contributed by atoms with van der Waals surface area (Å²) in [5, 5.41) is 0. The highest BCUT2D eigenvalue weighted by molar-refractivity contribution is 5.89. The molecule has 0 bridgehead atoms. The number of carbonyl (C=O) groups is 2. The Morgan fingerprint density at radius 3 is 2.08 bits per heavy atom. The van der Waals surface area contributed by atoms with Crippen molar-refractivity contribution in [2.75, 3.05) is 6.61 Å². The van der Waals surface area contributed by atoms with Gasteiger partial charge in [-0.05, 0) is 57.2 Å². The van der Waals surface area contributed by atoms with Crippen LogP contribution in [-0.4, -0.2) is 24.6 Å². The SMILES string of the molecule is Cc1ccc(OCC(=O)Oc2ccc(C(=O)OC(C)C)cc2)cc1. The lowest BCUT2D eigenvalue weighted by Gasteiger charge is -2.09. The first-order chi connectivity index (χ1) is 11.4. The summed E-state index contributed by atoms with van der Waals surface area (Å²) in [5.41, 5.74) is 1.51. The first kappa shape index (κ1) is 17.5. The average Bonchev–Trinajstić information content (AvgIpc) is 2.54. The number of ether oxygens (including phenoxy) is 3. The molecule has 0 heterocycles. The maximum Gasteiger partial charge on any atom is 0.349 e. The van der Waals surface area contributed by atoms with Gasteiger partial charge in [-0.15, -0.1) is 0 Å². The third kappa shape index (κ3) is 5.43. The summed E-state index contributed by atoms with van der Waals surface area (Å²) in [6, 6.07) is 13.6.